The minimum absolute atomic E-state index is 0. The van der Waals surface area contributed by atoms with Crippen LogP contribution >= 0.6 is 24.0 Å². The number of nitrogens with two attached hydrogens (primary N) is 1. The van der Waals surface area contributed by atoms with Crippen LogP contribution in [0.15, 0.2) is 17.6 Å². The van der Waals surface area contributed by atoms with E-state index in [4.69, 9.17) is 5.73 Å². The van der Waals surface area contributed by atoms with Crippen molar-refractivity contribution in [2.45, 2.75) is 39.0 Å². The van der Waals surface area contributed by atoms with E-state index in [1.807, 2.05) is 0 Å². The van der Waals surface area contributed by atoms with Gasteiger partial charge >= 0.3 is 0 Å². The zero-order valence-corrected chi connectivity index (χ0v) is 13.2. The van der Waals surface area contributed by atoms with Gasteiger partial charge in [-0.3, -0.25) is 4.99 Å². The maximum absolute atomic E-state index is 5.72. The third-order valence-electron chi connectivity index (χ3n) is 3.49. The summed E-state index contributed by atoms with van der Waals surface area (Å²) in [5.74, 6) is 2.25. The van der Waals surface area contributed by atoms with Gasteiger partial charge in [0.2, 0.25) is 0 Å². The van der Waals surface area contributed by atoms with Gasteiger partial charge in [-0.15, -0.1) is 30.6 Å². The molecule has 0 aromatic rings. The van der Waals surface area contributed by atoms with Crippen molar-refractivity contribution in [3.05, 3.63) is 12.7 Å². The Hall–Kier alpha value is -0.260. The van der Waals surface area contributed by atoms with Crippen LogP contribution in [0.4, 0.5) is 0 Å². The fourth-order valence-corrected chi connectivity index (χ4v) is 2.28. The van der Waals surface area contributed by atoms with Gasteiger partial charge in [-0.05, 0) is 24.7 Å². The molecule has 0 aliphatic heterocycles. The first-order chi connectivity index (χ1) is 7.76. The molecular weight excluding hydrogens is 325 g/mol. The SMILES string of the molecule is C=CCNC(N)=NCC1CCC(CC)CC1.I. The van der Waals surface area contributed by atoms with Crippen molar-refractivity contribution in [2.75, 3.05) is 13.1 Å². The van der Waals surface area contributed by atoms with E-state index in [2.05, 4.69) is 23.8 Å². The van der Waals surface area contributed by atoms with Crippen LogP contribution in [0.25, 0.3) is 0 Å². The summed E-state index contributed by atoms with van der Waals surface area (Å²) in [5, 5.41) is 3.00. The first-order valence-corrected chi connectivity index (χ1v) is 6.41. The van der Waals surface area contributed by atoms with E-state index < -0.39 is 0 Å². The van der Waals surface area contributed by atoms with Gasteiger partial charge in [0.05, 0.1) is 0 Å². The van der Waals surface area contributed by atoms with Crippen LogP contribution < -0.4 is 11.1 Å². The van der Waals surface area contributed by atoms with Crippen LogP contribution in [0, 0.1) is 11.8 Å². The Kier molecular flexibility index (Phi) is 9.59. The lowest BCUT2D eigenvalue weighted by atomic mass is 9.81. The summed E-state index contributed by atoms with van der Waals surface area (Å²) in [6.45, 7) is 7.49. The zero-order chi connectivity index (χ0) is 11.8. The van der Waals surface area contributed by atoms with Crippen LogP contribution in [0.1, 0.15) is 39.0 Å². The van der Waals surface area contributed by atoms with E-state index in [1.54, 1.807) is 6.08 Å². The minimum Gasteiger partial charge on any atom is -0.370 e. The second kappa shape index (κ2) is 9.74. The predicted octanol–water partition coefficient (Wildman–Crippen LogP) is 2.91. The predicted molar refractivity (Wildman–Crippen MR) is 85.8 cm³/mol. The van der Waals surface area contributed by atoms with Crippen molar-refractivity contribution >= 4 is 29.9 Å². The van der Waals surface area contributed by atoms with Gasteiger partial charge in [-0.1, -0.05) is 32.3 Å². The van der Waals surface area contributed by atoms with Crippen molar-refractivity contribution in [3.8, 4) is 0 Å². The van der Waals surface area contributed by atoms with E-state index in [9.17, 15) is 0 Å². The highest BCUT2D eigenvalue weighted by atomic mass is 127. The van der Waals surface area contributed by atoms with Crippen LogP contribution in [-0.2, 0) is 0 Å². The van der Waals surface area contributed by atoms with Gasteiger partial charge in [0.25, 0.3) is 0 Å². The summed E-state index contributed by atoms with van der Waals surface area (Å²) < 4.78 is 0. The van der Waals surface area contributed by atoms with Crippen LogP contribution in [-0.4, -0.2) is 19.0 Å². The molecule has 4 heteroatoms. The molecule has 3 nitrogen and oxygen atoms in total. The second-order valence-corrected chi connectivity index (χ2v) is 4.69. The van der Waals surface area contributed by atoms with Crippen LogP contribution in [0.2, 0.25) is 0 Å². The molecule has 100 valence electrons. The number of aliphatic imine (C=N–C) groups is 1. The highest BCUT2D eigenvalue weighted by Crippen LogP contribution is 2.30. The number of guanidine groups is 1. The molecule has 0 atom stereocenters. The first kappa shape index (κ1) is 16.7. The third-order valence-corrected chi connectivity index (χ3v) is 3.49. The van der Waals surface area contributed by atoms with Gasteiger partial charge in [0.15, 0.2) is 5.96 Å². The Morgan fingerprint density at radius 2 is 1.94 bits per heavy atom. The lowest BCUT2D eigenvalue weighted by Crippen LogP contribution is -2.32. The molecule has 1 aliphatic carbocycles. The van der Waals surface area contributed by atoms with Crippen molar-refractivity contribution in [1.29, 1.82) is 0 Å². The van der Waals surface area contributed by atoms with Crippen molar-refractivity contribution in [3.63, 3.8) is 0 Å². The zero-order valence-electron chi connectivity index (χ0n) is 10.8. The highest BCUT2D eigenvalue weighted by Gasteiger charge is 2.19. The van der Waals surface area contributed by atoms with Gasteiger partial charge in [-0.25, -0.2) is 0 Å². The summed E-state index contributed by atoms with van der Waals surface area (Å²) in [4.78, 5) is 4.37. The lowest BCUT2D eigenvalue weighted by molar-refractivity contribution is 0.274. The van der Waals surface area contributed by atoms with E-state index in [1.165, 1.54) is 32.1 Å². The molecule has 17 heavy (non-hydrogen) atoms. The Bertz CT molecular complexity index is 233. The van der Waals surface area contributed by atoms with Gasteiger partial charge in [0.1, 0.15) is 0 Å². The average molecular weight is 351 g/mol. The standard InChI is InChI=1S/C13H25N3.HI/c1-3-9-15-13(14)16-10-12-7-5-11(4-2)6-8-12;/h3,11-12H,1,4-10H2,2H3,(H3,14,15,16);1H. The smallest absolute Gasteiger partial charge is 0.188 e. The topological polar surface area (TPSA) is 50.4 Å². The second-order valence-electron chi connectivity index (χ2n) is 4.69. The van der Waals surface area contributed by atoms with Gasteiger partial charge < -0.3 is 11.1 Å². The lowest BCUT2D eigenvalue weighted by Gasteiger charge is -2.26. The Balaban J connectivity index is 0.00000256. The summed E-state index contributed by atoms with van der Waals surface area (Å²) in [6, 6.07) is 0. The molecular formula is C13H26IN3. The molecule has 0 radical (unpaired) electrons. The van der Waals surface area contributed by atoms with Gasteiger partial charge in [0, 0.05) is 13.1 Å². The first-order valence-electron chi connectivity index (χ1n) is 6.41. The number of hydrogen-bond acceptors (Lipinski definition) is 1. The largest absolute Gasteiger partial charge is 0.370 e. The highest BCUT2D eigenvalue weighted by molar-refractivity contribution is 14.0. The molecule has 1 rings (SSSR count). The molecule has 0 aromatic carbocycles. The van der Waals surface area contributed by atoms with Crippen LogP contribution in [0.3, 0.4) is 0 Å². The Labute approximate surface area is 122 Å². The number of hydrogen-bond donors (Lipinski definition) is 2. The maximum Gasteiger partial charge on any atom is 0.188 e. The summed E-state index contributed by atoms with van der Waals surface area (Å²) >= 11 is 0. The number of nitrogens with zero attached hydrogens (tertiary/aromatic N) is 1. The minimum atomic E-state index is 0. The van der Waals surface area contributed by atoms with Crippen molar-refractivity contribution < 1.29 is 0 Å². The molecule has 1 fully saturated rings. The molecule has 3 N–H and O–H groups in total. The van der Waals surface area contributed by atoms with E-state index in [0.717, 1.165) is 18.4 Å². The molecule has 0 aromatic heterocycles. The summed E-state index contributed by atoms with van der Waals surface area (Å²) in [6.07, 6.45) is 8.49. The molecule has 1 saturated carbocycles. The fraction of sp³-hybridized carbons (Fsp3) is 0.769. The fourth-order valence-electron chi connectivity index (χ4n) is 2.28. The average Bonchev–Trinajstić information content (AvgIpc) is 2.34. The van der Waals surface area contributed by atoms with Crippen molar-refractivity contribution in [2.24, 2.45) is 22.6 Å². The quantitative estimate of drug-likeness (QED) is 0.346. The maximum atomic E-state index is 5.72. The molecule has 0 heterocycles. The number of nitrogens with one attached hydrogen (secondary N) is 1. The number of halogens is 1. The number of rotatable bonds is 5. The monoisotopic (exact) mass is 351 g/mol. The Morgan fingerprint density at radius 1 is 1.35 bits per heavy atom. The molecule has 1 aliphatic rings. The molecule has 0 bridgehead atoms. The molecule has 0 saturated heterocycles. The van der Waals surface area contributed by atoms with Crippen molar-refractivity contribution in [1.82, 2.24) is 5.32 Å². The summed E-state index contributed by atoms with van der Waals surface area (Å²) in [5.41, 5.74) is 5.72. The third kappa shape index (κ3) is 6.91. The van der Waals surface area contributed by atoms with E-state index in [0.29, 0.717) is 12.5 Å². The van der Waals surface area contributed by atoms with Crippen LogP contribution in [0.5, 0.6) is 0 Å². The van der Waals surface area contributed by atoms with E-state index in [-0.39, 0.29) is 24.0 Å². The molecule has 0 spiro atoms. The van der Waals surface area contributed by atoms with Gasteiger partial charge in [-0.2, -0.15) is 0 Å². The summed E-state index contributed by atoms with van der Waals surface area (Å²) in [7, 11) is 0. The van der Waals surface area contributed by atoms with E-state index >= 15 is 0 Å². The molecule has 0 unspecified atom stereocenters. The molecule has 0 amide bonds. The Morgan fingerprint density at radius 3 is 2.47 bits per heavy atom. The normalized spacial score (nSPS) is 24.9.